The molecule has 5 nitrogen and oxygen atoms in total. The lowest BCUT2D eigenvalue weighted by Gasteiger charge is -2.46. The van der Waals surface area contributed by atoms with Gasteiger partial charge in [-0.3, -0.25) is 9.78 Å². The Labute approximate surface area is 152 Å². The highest BCUT2D eigenvalue weighted by molar-refractivity contribution is 7.80. The first-order valence-corrected chi connectivity index (χ1v) is 8.02. The zero-order chi connectivity index (χ0) is 18.9. The Morgan fingerprint density at radius 2 is 1.88 bits per heavy atom. The van der Waals surface area contributed by atoms with Gasteiger partial charge >= 0.3 is 6.18 Å². The van der Waals surface area contributed by atoms with Gasteiger partial charge in [-0.15, -0.1) is 0 Å². The summed E-state index contributed by atoms with van der Waals surface area (Å²) in [6.45, 7) is 0. The molecular formula is C17H14F3N3O2S. The zero-order valence-electron chi connectivity index (χ0n) is 13.2. The number of thiocarbonyl (C=S) groups is 1. The van der Waals surface area contributed by atoms with E-state index in [4.69, 9.17) is 12.2 Å². The molecule has 1 aromatic heterocycles. The average molecular weight is 381 g/mol. The first kappa shape index (κ1) is 18.3. The Balaban J connectivity index is 2.15. The topological polar surface area (TPSA) is 74.2 Å². The van der Waals surface area contributed by atoms with Crippen LogP contribution in [-0.2, 0) is 0 Å². The second-order valence-corrected chi connectivity index (χ2v) is 6.24. The normalized spacial score (nSPS) is 25.9. The largest absolute Gasteiger partial charge is 0.437 e. The van der Waals surface area contributed by atoms with Crippen molar-refractivity contribution >= 4 is 23.1 Å². The Morgan fingerprint density at radius 3 is 2.46 bits per heavy atom. The van der Waals surface area contributed by atoms with Crippen LogP contribution in [0.15, 0.2) is 54.9 Å². The molecule has 2 heterocycles. The van der Waals surface area contributed by atoms with Gasteiger partial charge in [-0.25, -0.2) is 0 Å². The van der Waals surface area contributed by atoms with Crippen LogP contribution in [0.3, 0.4) is 0 Å². The Bertz CT molecular complexity index is 817. The number of carbonyl (C=O) groups is 1. The van der Waals surface area contributed by atoms with E-state index >= 15 is 0 Å². The number of rotatable bonds is 3. The molecule has 0 unspecified atom stereocenters. The third-order valence-corrected chi connectivity index (χ3v) is 4.41. The van der Waals surface area contributed by atoms with Crippen LogP contribution in [0.2, 0.25) is 0 Å². The molecule has 3 N–H and O–H groups in total. The van der Waals surface area contributed by atoms with Crippen LogP contribution < -0.4 is 10.6 Å². The van der Waals surface area contributed by atoms with Crippen molar-refractivity contribution in [3.8, 4) is 0 Å². The van der Waals surface area contributed by atoms with Crippen LogP contribution in [0.4, 0.5) is 13.2 Å². The Kier molecular flexibility index (Phi) is 4.68. The number of ketones is 1. The van der Waals surface area contributed by atoms with Crippen molar-refractivity contribution in [2.45, 2.75) is 17.9 Å². The standard InChI is InChI=1S/C17H14F3N3O2S/c18-17(19,20)16(25)12(14(24)10-5-2-1-3-6-10)13(22-15(26)23-16)11-7-4-8-21-9-11/h1-9,12-13,25H,(H2,22,23,26)/t12-,13+,16-/m1/s1. The van der Waals surface area contributed by atoms with Gasteiger partial charge in [-0.2, -0.15) is 13.2 Å². The van der Waals surface area contributed by atoms with Crippen molar-refractivity contribution in [1.29, 1.82) is 0 Å². The number of aromatic nitrogens is 1. The maximum atomic E-state index is 13.7. The lowest BCUT2D eigenvalue weighted by molar-refractivity contribution is -0.285. The summed E-state index contributed by atoms with van der Waals surface area (Å²) in [5.41, 5.74) is -3.18. The smallest absolute Gasteiger partial charge is 0.363 e. The average Bonchev–Trinajstić information content (AvgIpc) is 2.61. The van der Waals surface area contributed by atoms with Crippen molar-refractivity contribution in [3.05, 3.63) is 66.0 Å². The van der Waals surface area contributed by atoms with Crippen molar-refractivity contribution < 1.29 is 23.1 Å². The molecule has 0 bridgehead atoms. The van der Waals surface area contributed by atoms with E-state index < -0.39 is 34.8 Å². The highest BCUT2D eigenvalue weighted by atomic mass is 32.1. The summed E-state index contributed by atoms with van der Waals surface area (Å²) in [5.74, 6) is -2.79. The van der Waals surface area contributed by atoms with Crippen LogP contribution in [0, 0.1) is 5.92 Å². The minimum absolute atomic E-state index is 0.0467. The molecule has 0 saturated carbocycles. The molecule has 26 heavy (non-hydrogen) atoms. The molecule has 9 heteroatoms. The quantitative estimate of drug-likeness (QED) is 0.560. The third-order valence-electron chi connectivity index (χ3n) is 4.19. The van der Waals surface area contributed by atoms with Crippen LogP contribution in [-0.4, -0.2) is 32.9 Å². The van der Waals surface area contributed by atoms with Crippen molar-refractivity contribution in [2.75, 3.05) is 0 Å². The van der Waals surface area contributed by atoms with Crippen LogP contribution in [0.5, 0.6) is 0 Å². The molecule has 0 spiro atoms. The maximum Gasteiger partial charge on any atom is 0.437 e. The molecular weight excluding hydrogens is 367 g/mol. The van der Waals surface area contributed by atoms with E-state index in [2.05, 4.69) is 10.3 Å². The van der Waals surface area contributed by atoms with Crippen LogP contribution >= 0.6 is 12.2 Å². The Morgan fingerprint density at radius 1 is 1.19 bits per heavy atom. The van der Waals surface area contributed by atoms with E-state index in [0.29, 0.717) is 5.56 Å². The Hall–Kier alpha value is -2.52. The van der Waals surface area contributed by atoms with E-state index in [-0.39, 0.29) is 5.56 Å². The number of Topliss-reactive ketones (excluding diaryl/α,β-unsaturated/α-hetero) is 1. The van der Waals surface area contributed by atoms with Gasteiger partial charge in [-0.05, 0) is 23.8 Å². The molecule has 0 amide bonds. The lowest BCUT2D eigenvalue weighted by atomic mass is 9.77. The first-order valence-electron chi connectivity index (χ1n) is 7.61. The number of hydrogen-bond acceptors (Lipinski definition) is 4. The van der Waals surface area contributed by atoms with Gasteiger partial charge in [0.15, 0.2) is 10.9 Å². The van der Waals surface area contributed by atoms with Crippen molar-refractivity contribution in [3.63, 3.8) is 0 Å². The fourth-order valence-corrected chi connectivity index (χ4v) is 3.24. The molecule has 136 valence electrons. The monoisotopic (exact) mass is 381 g/mol. The first-order chi connectivity index (χ1) is 12.2. The van der Waals surface area contributed by atoms with E-state index in [1.165, 1.54) is 48.8 Å². The van der Waals surface area contributed by atoms with E-state index in [9.17, 15) is 23.1 Å². The summed E-state index contributed by atoms with van der Waals surface area (Å²) in [6.07, 6.45) is -2.37. The number of carbonyl (C=O) groups excluding carboxylic acids is 1. The van der Waals surface area contributed by atoms with Crippen molar-refractivity contribution in [2.24, 2.45) is 5.92 Å². The predicted octanol–water partition coefficient (Wildman–Crippen LogP) is 2.35. The number of benzene rings is 1. The second kappa shape index (κ2) is 6.65. The van der Waals surface area contributed by atoms with Crippen molar-refractivity contribution in [1.82, 2.24) is 15.6 Å². The number of nitrogens with zero attached hydrogens (tertiary/aromatic N) is 1. The van der Waals surface area contributed by atoms with E-state index in [1.807, 2.05) is 5.32 Å². The fraction of sp³-hybridized carbons (Fsp3) is 0.235. The summed E-state index contributed by atoms with van der Waals surface area (Å²) in [4.78, 5) is 16.8. The molecule has 0 aliphatic carbocycles. The minimum Gasteiger partial charge on any atom is -0.363 e. The molecule has 1 aliphatic rings. The van der Waals surface area contributed by atoms with Crippen LogP contribution in [0.25, 0.3) is 0 Å². The summed E-state index contributed by atoms with van der Waals surface area (Å²) in [7, 11) is 0. The summed E-state index contributed by atoms with van der Waals surface area (Å²) in [5, 5.41) is 14.6. The number of aliphatic hydroxyl groups is 1. The second-order valence-electron chi connectivity index (χ2n) is 5.83. The van der Waals surface area contributed by atoms with E-state index in [0.717, 1.165) is 0 Å². The molecule has 3 rings (SSSR count). The third kappa shape index (κ3) is 3.15. The zero-order valence-corrected chi connectivity index (χ0v) is 14.0. The fourth-order valence-electron chi connectivity index (χ4n) is 2.96. The summed E-state index contributed by atoms with van der Waals surface area (Å²) in [6, 6.07) is 9.33. The number of nitrogens with one attached hydrogen (secondary N) is 2. The maximum absolute atomic E-state index is 13.7. The lowest BCUT2D eigenvalue weighted by Crippen LogP contribution is -2.72. The molecule has 0 radical (unpaired) electrons. The number of halogens is 3. The van der Waals surface area contributed by atoms with Gasteiger partial charge in [0.1, 0.15) is 5.92 Å². The predicted molar refractivity (Wildman–Crippen MR) is 91.1 cm³/mol. The highest BCUT2D eigenvalue weighted by Crippen LogP contribution is 2.43. The highest BCUT2D eigenvalue weighted by Gasteiger charge is 2.65. The van der Waals surface area contributed by atoms with E-state index in [1.54, 1.807) is 6.07 Å². The molecule has 1 saturated heterocycles. The van der Waals surface area contributed by atoms with Gasteiger partial charge in [0.2, 0.25) is 5.72 Å². The molecule has 3 atom stereocenters. The SMILES string of the molecule is O=C(c1ccccc1)[C@H]1[C@H](c2cccnc2)NC(=S)N[C@]1(O)C(F)(F)F. The minimum atomic E-state index is -5.14. The number of hydrogen-bond donors (Lipinski definition) is 3. The van der Waals surface area contributed by atoms with Gasteiger partial charge < -0.3 is 15.7 Å². The van der Waals surface area contributed by atoms with Gasteiger partial charge in [0.05, 0.1) is 6.04 Å². The molecule has 1 aliphatic heterocycles. The van der Waals surface area contributed by atoms with Gasteiger partial charge in [0.25, 0.3) is 0 Å². The molecule has 1 aromatic carbocycles. The molecule has 2 aromatic rings. The summed E-state index contributed by atoms with van der Waals surface area (Å²) < 4.78 is 41.2. The van der Waals surface area contributed by atoms with Gasteiger partial charge in [-0.1, -0.05) is 36.4 Å². The van der Waals surface area contributed by atoms with Crippen LogP contribution in [0.1, 0.15) is 22.0 Å². The number of alkyl halides is 3. The molecule has 1 fully saturated rings. The van der Waals surface area contributed by atoms with Gasteiger partial charge in [0, 0.05) is 18.0 Å². The summed E-state index contributed by atoms with van der Waals surface area (Å²) >= 11 is 4.84. The number of pyridine rings is 1.